The molecule has 0 aromatic carbocycles. The Bertz CT molecular complexity index is 699. The third kappa shape index (κ3) is 48.3. The fourth-order valence-electron chi connectivity index (χ4n) is 2.63. The van der Waals surface area contributed by atoms with Gasteiger partial charge in [0, 0.05) is 19.8 Å². The summed E-state index contributed by atoms with van der Waals surface area (Å²) in [4.78, 5) is 0. The maximum atomic E-state index is 3.71. The largest absolute Gasteiger partial charge is 0.316 e. The number of allylic oxidation sites excluding steroid dienone is 15. The topological polar surface area (TPSA) is 15.3 Å². The van der Waals surface area contributed by atoms with E-state index in [1.165, 1.54) is 18.4 Å². The molecule has 0 heterocycles. The van der Waals surface area contributed by atoms with Crippen LogP contribution in [0.3, 0.4) is 0 Å². The van der Waals surface area contributed by atoms with Crippen molar-refractivity contribution in [3.05, 3.63) is 123 Å². The van der Waals surface area contributed by atoms with Crippen LogP contribution in [-0.2, 0) is 0 Å². The van der Waals surface area contributed by atoms with E-state index in [-0.39, 0.29) is 0 Å². The van der Waals surface area contributed by atoms with E-state index in [1.807, 2.05) is 26.1 Å². The molecular weight excluding hydrogens is 484 g/mol. The molecule has 0 bridgehead atoms. The third-order valence-electron chi connectivity index (χ3n) is 5.07. The van der Waals surface area contributed by atoms with Crippen LogP contribution in [0.1, 0.15) is 105 Å². The van der Waals surface area contributed by atoms with E-state index in [1.54, 1.807) is 0 Å². The fourth-order valence-corrected chi connectivity index (χ4v) is 2.63. The van der Waals surface area contributed by atoms with Gasteiger partial charge < -0.3 is 5.01 Å². The first-order chi connectivity index (χ1) is 19.6. The van der Waals surface area contributed by atoms with Gasteiger partial charge in [0.25, 0.3) is 0 Å². The lowest BCUT2D eigenvalue weighted by molar-refractivity contribution is 0.297. The van der Waals surface area contributed by atoms with Crippen molar-refractivity contribution in [2.75, 3.05) is 13.6 Å². The Labute approximate surface area is 252 Å². The molecule has 2 nitrogen and oxygen atoms in total. The van der Waals surface area contributed by atoms with Crippen LogP contribution in [0, 0.1) is 0 Å². The lowest BCUT2D eigenvalue weighted by atomic mass is 10.2. The van der Waals surface area contributed by atoms with Crippen LogP contribution in [0.4, 0.5) is 0 Å². The van der Waals surface area contributed by atoms with Crippen LogP contribution < -0.4 is 5.43 Å². The van der Waals surface area contributed by atoms with E-state index in [9.17, 15) is 0 Å². The average molecular weight is 551 g/mol. The van der Waals surface area contributed by atoms with Crippen LogP contribution in [-0.4, -0.2) is 18.6 Å². The van der Waals surface area contributed by atoms with E-state index in [2.05, 4.69) is 144 Å². The maximum Gasteiger partial charge on any atom is 0.0335 e. The Kier molecular flexibility index (Phi) is 50.9. The summed E-state index contributed by atoms with van der Waals surface area (Å²) >= 11 is 0. The first-order valence-electron chi connectivity index (χ1n) is 15.3. The molecular formula is C38H66N2. The minimum atomic E-state index is 1.03. The lowest BCUT2D eigenvalue weighted by Gasteiger charge is -2.18. The van der Waals surface area contributed by atoms with E-state index >= 15 is 0 Å². The van der Waals surface area contributed by atoms with Crippen molar-refractivity contribution in [2.24, 2.45) is 0 Å². The zero-order valence-electron chi connectivity index (χ0n) is 27.4. The number of nitrogens with zero attached hydrogens (tertiary/aromatic N) is 1. The van der Waals surface area contributed by atoms with Gasteiger partial charge >= 0.3 is 0 Å². The normalized spacial score (nSPS) is 11.5. The van der Waals surface area contributed by atoms with Crippen molar-refractivity contribution in [1.29, 1.82) is 0 Å². The van der Waals surface area contributed by atoms with Crippen LogP contribution in [0.5, 0.6) is 0 Å². The number of rotatable bonds is 20. The Balaban J connectivity index is -0.000000315. The van der Waals surface area contributed by atoms with Gasteiger partial charge in [-0.2, -0.15) is 0 Å². The lowest BCUT2D eigenvalue weighted by Crippen LogP contribution is -2.30. The number of hydrogen-bond donors (Lipinski definition) is 1. The average Bonchev–Trinajstić information content (AvgIpc) is 2.99. The summed E-state index contributed by atoms with van der Waals surface area (Å²) < 4.78 is 0. The van der Waals surface area contributed by atoms with E-state index in [0.29, 0.717) is 0 Å². The third-order valence-corrected chi connectivity index (χ3v) is 5.07. The van der Waals surface area contributed by atoms with Gasteiger partial charge in [-0.05, 0) is 70.3 Å². The Morgan fingerprint density at radius 3 is 1.30 bits per heavy atom. The maximum absolute atomic E-state index is 3.71. The molecule has 0 unspecified atom stereocenters. The Hall–Kier alpha value is -2.84. The molecule has 0 amide bonds. The van der Waals surface area contributed by atoms with Gasteiger partial charge in [-0.15, -0.1) is 19.7 Å². The summed E-state index contributed by atoms with van der Waals surface area (Å²) in [6, 6.07) is 0. The van der Waals surface area contributed by atoms with Crippen LogP contribution >= 0.6 is 0 Å². The monoisotopic (exact) mass is 551 g/mol. The number of unbranched alkanes of at least 4 members (excludes halogenated alkanes) is 2. The van der Waals surface area contributed by atoms with Crippen LogP contribution in [0.2, 0.25) is 0 Å². The molecule has 0 saturated heterocycles. The van der Waals surface area contributed by atoms with Crippen LogP contribution in [0.25, 0.3) is 0 Å². The minimum Gasteiger partial charge on any atom is -0.316 e. The van der Waals surface area contributed by atoms with Crippen molar-refractivity contribution < 1.29 is 0 Å². The van der Waals surface area contributed by atoms with E-state index < -0.39 is 0 Å². The van der Waals surface area contributed by atoms with Crippen molar-refractivity contribution in [3.8, 4) is 0 Å². The summed E-state index contributed by atoms with van der Waals surface area (Å²) in [5, 5.41) is 2.05. The summed E-state index contributed by atoms with van der Waals surface area (Å²) in [7, 11) is 1.92. The number of nitrogens with one attached hydrogen (secondary N) is 1. The summed E-state index contributed by atoms with van der Waals surface area (Å²) in [6.07, 6.45) is 44.8. The molecule has 0 aromatic heterocycles. The second-order valence-electron chi connectivity index (χ2n) is 8.78. The second-order valence-corrected chi connectivity index (χ2v) is 8.78. The van der Waals surface area contributed by atoms with Crippen molar-refractivity contribution in [2.45, 2.75) is 105 Å². The summed E-state index contributed by atoms with van der Waals surface area (Å²) in [6.45, 7) is 25.1. The van der Waals surface area contributed by atoms with Crippen molar-refractivity contribution in [1.82, 2.24) is 10.4 Å². The molecule has 0 fully saturated rings. The van der Waals surface area contributed by atoms with Gasteiger partial charge in [-0.3, -0.25) is 0 Å². The zero-order valence-corrected chi connectivity index (χ0v) is 27.4. The molecule has 2 heteroatoms. The van der Waals surface area contributed by atoms with Gasteiger partial charge in [0.05, 0.1) is 0 Å². The molecule has 40 heavy (non-hydrogen) atoms. The van der Waals surface area contributed by atoms with E-state index in [0.717, 1.165) is 64.3 Å². The second kappa shape index (κ2) is 46.0. The zero-order chi connectivity index (χ0) is 31.0. The predicted octanol–water partition coefficient (Wildman–Crippen LogP) is 12.2. The molecule has 0 saturated carbocycles. The van der Waals surface area contributed by atoms with Gasteiger partial charge in [0.2, 0.25) is 0 Å². The van der Waals surface area contributed by atoms with Crippen LogP contribution in [0.15, 0.2) is 123 Å². The minimum absolute atomic E-state index is 1.03. The molecule has 228 valence electrons. The highest BCUT2D eigenvalue weighted by Gasteiger charge is 1.92. The fraction of sp³-hybridized carbons (Fsp3) is 0.474. The molecule has 0 atom stereocenters. The highest BCUT2D eigenvalue weighted by molar-refractivity contribution is 5.11. The van der Waals surface area contributed by atoms with E-state index in [4.69, 9.17) is 0 Å². The molecule has 0 spiro atoms. The Morgan fingerprint density at radius 2 is 1.00 bits per heavy atom. The molecule has 1 N–H and O–H groups in total. The Morgan fingerprint density at radius 1 is 0.600 bits per heavy atom. The van der Waals surface area contributed by atoms with Gasteiger partial charge in [-0.25, -0.2) is 5.43 Å². The molecule has 0 aliphatic carbocycles. The first-order valence-corrected chi connectivity index (χ1v) is 15.3. The van der Waals surface area contributed by atoms with Gasteiger partial charge in [-0.1, -0.05) is 132 Å². The summed E-state index contributed by atoms with van der Waals surface area (Å²) in [5.74, 6) is 0. The molecule has 0 rings (SSSR count). The first kappa shape index (κ1) is 44.2. The summed E-state index contributed by atoms with van der Waals surface area (Å²) in [5.41, 5.74) is 4.25. The molecule has 0 radical (unpaired) electrons. The van der Waals surface area contributed by atoms with Crippen molar-refractivity contribution >= 4 is 0 Å². The smallest absolute Gasteiger partial charge is 0.0335 e. The molecule has 0 aliphatic rings. The van der Waals surface area contributed by atoms with Gasteiger partial charge in [0.15, 0.2) is 0 Å². The number of hydrazine groups is 1. The molecule has 0 aliphatic heterocycles. The van der Waals surface area contributed by atoms with Gasteiger partial charge in [0.1, 0.15) is 0 Å². The number of hydrogen-bond acceptors (Lipinski definition) is 2. The SMILES string of the molecule is C=C.C=C/C(C)=C\N(CCC)NC.C=CCC/C=C\C/C=C\C/C=C\C/C=C\C/C=C\C/C=C\CC.CCCC. The highest BCUT2D eigenvalue weighted by atomic mass is 15.5. The van der Waals surface area contributed by atoms with Crippen molar-refractivity contribution in [3.63, 3.8) is 0 Å². The molecule has 0 aromatic rings. The standard InChI is InChI=1S/C23H34.C9H18N2.C4H10.C2H4/c1-3-5-7-9-11-13-15-17-19-21-23-22-20-18-16-14-12-10-8-6-4-2;1-5-7-11(10-4)8-9(3)6-2;1-3-4-2;1-2/h3,6,8-9,11-12,14-15,17-18,20-21,23H,1,4-5,7,10,13,16,19,22H2,2H3;6,8,10H,2,5,7H2,1,3-4H3;3-4H2,1-2H3;1-2H2/b8-6-,11-9-,14-12-,17-15-,20-18-,23-21-;9-8-;;. The predicted molar refractivity (Wildman–Crippen MR) is 189 cm³/mol. The quantitative estimate of drug-likeness (QED) is 0.0701. The highest BCUT2D eigenvalue weighted by Crippen LogP contribution is 1.98.